The fraction of sp³-hybridized carbons (Fsp3) is 0.179. The van der Waals surface area contributed by atoms with Crippen LogP contribution in [0.3, 0.4) is 0 Å². The minimum atomic E-state index is -4.60. The molecule has 7 heteroatoms. The van der Waals surface area contributed by atoms with Gasteiger partial charge in [0, 0.05) is 6.42 Å². The standard InChI is InChI=1S/C28H20F4O3/c29-27(30)18-26(28(27,31)32,22-14-13-20-8-4-5-9-21(20)16-22)25(33)34-17-19-7-6-12-24(15-19)35-23-10-2-1-3-11-23/h1-16H,17-18H2. The van der Waals surface area contributed by atoms with E-state index in [9.17, 15) is 22.4 Å². The van der Waals surface area contributed by atoms with Gasteiger partial charge in [0.2, 0.25) is 0 Å². The molecule has 4 aromatic carbocycles. The molecular formula is C28H20F4O3. The van der Waals surface area contributed by atoms with Gasteiger partial charge in [-0.15, -0.1) is 0 Å². The zero-order valence-electron chi connectivity index (χ0n) is 18.4. The predicted molar refractivity (Wildman–Crippen MR) is 123 cm³/mol. The molecule has 0 N–H and O–H groups in total. The summed E-state index contributed by atoms with van der Waals surface area (Å²) in [6.45, 7) is -0.373. The Morgan fingerprint density at radius 3 is 2.14 bits per heavy atom. The van der Waals surface area contributed by atoms with Crippen molar-refractivity contribution in [2.75, 3.05) is 0 Å². The van der Waals surface area contributed by atoms with Crippen LogP contribution in [-0.4, -0.2) is 17.8 Å². The molecule has 3 nitrogen and oxygen atoms in total. The number of hydrogen-bond acceptors (Lipinski definition) is 3. The summed E-state index contributed by atoms with van der Waals surface area (Å²) in [7, 11) is 0. The fourth-order valence-corrected chi connectivity index (χ4v) is 4.41. The van der Waals surface area contributed by atoms with Crippen LogP contribution in [0.25, 0.3) is 10.8 Å². The van der Waals surface area contributed by atoms with E-state index < -0.39 is 29.7 Å². The van der Waals surface area contributed by atoms with Crippen LogP contribution >= 0.6 is 0 Å². The Labute approximate surface area is 198 Å². The third kappa shape index (κ3) is 3.81. The lowest BCUT2D eigenvalue weighted by Crippen LogP contribution is -2.72. The van der Waals surface area contributed by atoms with E-state index in [0.29, 0.717) is 22.4 Å². The lowest BCUT2D eigenvalue weighted by molar-refractivity contribution is -0.323. The Balaban J connectivity index is 1.41. The van der Waals surface area contributed by atoms with Crippen LogP contribution in [-0.2, 0) is 21.6 Å². The number of hydrogen-bond donors (Lipinski definition) is 0. The Kier molecular flexibility index (Phi) is 5.50. The Morgan fingerprint density at radius 1 is 0.743 bits per heavy atom. The van der Waals surface area contributed by atoms with E-state index >= 15 is 0 Å². The smallest absolute Gasteiger partial charge is 0.330 e. The van der Waals surface area contributed by atoms with E-state index in [2.05, 4.69) is 0 Å². The molecule has 178 valence electrons. The number of ether oxygens (including phenoxy) is 2. The number of rotatable bonds is 6. The number of carbonyl (C=O) groups excluding carboxylic acids is 1. The van der Waals surface area contributed by atoms with E-state index in [1.165, 1.54) is 18.2 Å². The van der Waals surface area contributed by atoms with Gasteiger partial charge in [0.1, 0.15) is 18.1 Å². The second-order valence-corrected chi connectivity index (χ2v) is 8.56. The van der Waals surface area contributed by atoms with Gasteiger partial charge >= 0.3 is 17.8 Å². The summed E-state index contributed by atoms with van der Waals surface area (Å²) in [4.78, 5) is 13.1. The average Bonchev–Trinajstić information content (AvgIpc) is 2.86. The van der Waals surface area contributed by atoms with E-state index in [4.69, 9.17) is 9.47 Å². The SMILES string of the molecule is O=C(OCc1cccc(Oc2ccccc2)c1)C1(c2ccc3ccccc3c2)CC(F)(F)C1(F)F. The number of fused-ring (bicyclic) bond motifs is 1. The molecular weight excluding hydrogens is 460 g/mol. The largest absolute Gasteiger partial charge is 0.460 e. The van der Waals surface area contributed by atoms with Crippen molar-refractivity contribution in [3.63, 3.8) is 0 Å². The summed E-state index contributed by atoms with van der Waals surface area (Å²) in [5.74, 6) is -9.26. The number of halogens is 4. The summed E-state index contributed by atoms with van der Waals surface area (Å²) in [6.07, 6.45) is -1.33. The van der Waals surface area contributed by atoms with Crippen LogP contribution < -0.4 is 4.74 Å². The maximum atomic E-state index is 14.9. The summed E-state index contributed by atoms with van der Waals surface area (Å²) in [5.41, 5.74) is -2.51. The highest BCUT2D eigenvalue weighted by molar-refractivity contribution is 5.90. The molecule has 1 aliphatic rings. The minimum Gasteiger partial charge on any atom is -0.460 e. The van der Waals surface area contributed by atoms with Crippen molar-refractivity contribution >= 4 is 16.7 Å². The molecule has 0 heterocycles. The third-order valence-electron chi connectivity index (χ3n) is 6.32. The highest BCUT2D eigenvalue weighted by atomic mass is 19.3. The Hall–Kier alpha value is -3.87. The molecule has 0 aromatic heterocycles. The molecule has 0 amide bonds. The molecule has 4 aromatic rings. The lowest BCUT2D eigenvalue weighted by Gasteiger charge is -2.52. The molecule has 35 heavy (non-hydrogen) atoms. The van der Waals surface area contributed by atoms with Crippen molar-refractivity contribution < 1.29 is 31.8 Å². The van der Waals surface area contributed by atoms with Gasteiger partial charge in [0.05, 0.1) is 0 Å². The van der Waals surface area contributed by atoms with Crippen molar-refractivity contribution in [3.8, 4) is 11.5 Å². The number of esters is 1. The molecule has 1 fully saturated rings. The number of benzene rings is 4. The van der Waals surface area contributed by atoms with Gasteiger partial charge in [0.15, 0.2) is 5.41 Å². The highest BCUT2D eigenvalue weighted by Crippen LogP contribution is 2.64. The first kappa shape index (κ1) is 22.9. The van der Waals surface area contributed by atoms with Gasteiger partial charge in [-0.1, -0.05) is 66.7 Å². The van der Waals surface area contributed by atoms with Gasteiger partial charge in [-0.25, -0.2) is 0 Å². The molecule has 0 bridgehead atoms. The molecule has 1 saturated carbocycles. The first-order valence-electron chi connectivity index (χ1n) is 11.0. The molecule has 1 atom stereocenters. The topological polar surface area (TPSA) is 35.5 Å². The maximum absolute atomic E-state index is 14.9. The first-order valence-corrected chi connectivity index (χ1v) is 11.0. The number of alkyl halides is 4. The molecule has 0 radical (unpaired) electrons. The summed E-state index contributed by atoms with van der Waals surface area (Å²) in [5, 5.41) is 1.30. The van der Waals surface area contributed by atoms with Crippen LogP contribution in [0.15, 0.2) is 97.1 Å². The van der Waals surface area contributed by atoms with Crippen LogP contribution in [0, 0.1) is 0 Å². The summed E-state index contributed by atoms with van der Waals surface area (Å²) >= 11 is 0. The molecule has 0 aliphatic heterocycles. The quantitative estimate of drug-likeness (QED) is 0.215. The monoisotopic (exact) mass is 480 g/mol. The van der Waals surface area contributed by atoms with Crippen LogP contribution in [0.4, 0.5) is 17.6 Å². The molecule has 0 spiro atoms. The molecule has 1 aliphatic carbocycles. The van der Waals surface area contributed by atoms with E-state index in [1.807, 2.05) is 18.2 Å². The minimum absolute atomic E-state index is 0.196. The van der Waals surface area contributed by atoms with Gasteiger partial charge in [-0.2, -0.15) is 17.6 Å². The van der Waals surface area contributed by atoms with Gasteiger partial charge in [-0.3, -0.25) is 4.79 Å². The predicted octanol–water partition coefficient (Wildman–Crippen LogP) is 7.29. The second kappa shape index (κ2) is 8.41. The Morgan fingerprint density at radius 2 is 1.43 bits per heavy atom. The normalized spacial score (nSPS) is 20.1. The fourth-order valence-electron chi connectivity index (χ4n) is 4.41. The maximum Gasteiger partial charge on any atom is 0.330 e. The third-order valence-corrected chi connectivity index (χ3v) is 6.32. The summed E-state index contributed by atoms with van der Waals surface area (Å²) in [6, 6.07) is 26.6. The highest BCUT2D eigenvalue weighted by Gasteiger charge is 2.84. The summed E-state index contributed by atoms with van der Waals surface area (Å²) < 4.78 is 68.9. The van der Waals surface area contributed by atoms with Crippen molar-refractivity contribution in [1.29, 1.82) is 0 Å². The van der Waals surface area contributed by atoms with Crippen LogP contribution in [0.1, 0.15) is 17.5 Å². The van der Waals surface area contributed by atoms with Crippen LogP contribution in [0.5, 0.6) is 11.5 Å². The van der Waals surface area contributed by atoms with Crippen LogP contribution in [0.2, 0.25) is 0 Å². The van der Waals surface area contributed by atoms with Crippen molar-refractivity contribution in [3.05, 3.63) is 108 Å². The first-order chi connectivity index (χ1) is 16.7. The second-order valence-electron chi connectivity index (χ2n) is 8.56. The van der Waals surface area contributed by atoms with Gasteiger partial charge in [0.25, 0.3) is 0 Å². The molecule has 0 saturated heterocycles. The zero-order valence-corrected chi connectivity index (χ0v) is 18.4. The van der Waals surface area contributed by atoms with E-state index in [-0.39, 0.29) is 12.2 Å². The Bertz CT molecular complexity index is 1390. The van der Waals surface area contributed by atoms with Crippen molar-refractivity contribution in [1.82, 2.24) is 0 Å². The van der Waals surface area contributed by atoms with Crippen molar-refractivity contribution in [2.45, 2.75) is 30.3 Å². The van der Waals surface area contributed by atoms with E-state index in [1.54, 1.807) is 60.7 Å². The molecule has 5 rings (SSSR count). The van der Waals surface area contributed by atoms with Gasteiger partial charge < -0.3 is 9.47 Å². The van der Waals surface area contributed by atoms with E-state index in [0.717, 1.165) is 5.39 Å². The molecule has 1 unspecified atom stereocenters. The number of para-hydroxylation sites is 1. The zero-order chi connectivity index (χ0) is 24.7. The number of carbonyl (C=O) groups is 1. The van der Waals surface area contributed by atoms with Gasteiger partial charge in [-0.05, 0) is 52.2 Å². The lowest BCUT2D eigenvalue weighted by atomic mass is 9.58. The average molecular weight is 480 g/mol. The van der Waals surface area contributed by atoms with Crippen molar-refractivity contribution in [2.24, 2.45) is 0 Å².